The molecule has 2 aliphatic rings. The van der Waals surface area contributed by atoms with E-state index in [0.717, 1.165) is 16.1 Å². The zero-order valence-corrected chi connectivity index (χ0v) is 22.9. The second kappa shape index (κ2) is 11.0. The molecule has 2 heterocycles. The number of carbonyl (C=O) groups excluding carboxylic acids is 2. The molecule has 0 unspecified atom stereocenters. The second-order valence-corrected chi connectivity index (χ2v) is 11.3. The summed E-state index contributed by atoms with van der Waals surface area (Å²) in [6, 6.07) is 13.8. The predicted molar refractivity (Wildman–Crippen MR) is 141 cm³/mol. The third kappa shape index (κ3) is 5.48. The number of benzene rings is 2. The molecular weight excluding hydrogens is 534 g/mol. The molecule has 1 saturated heterocycles. The van der Waals surface area contributed by atoms with Gasteiger partial charge in [0.2, 0.25) is 0 Å². The van der Waals surface area contributed by atoms with Gasteiger partial charge in [-0.25, -0.2) is 13.9 Å². The standard InChI is InChI=1S/C25H29N3O8S2/c1-25(14-22(37)15-26(25)23(29)35-16-18-4-8-20(33-2)9-5-18)28-13-12-27(38(28,31)32)24(30)36-17-19-6-10-21(34-3)11-7-19/h4-13,22,37H,14-17H2,1-3H3/t22-,25-/m0/s1. The van der Waals surface area contributed by atoms with Crippen LogP contribution in [0.3, 0.4) is 0 Å². The van der Waals surface area contributed by atoms with E-state index in [1.54, 1.807) is 62.6 Å². The quantitative estimate of drug-likeness (QED) is 0.507. The Morgan fingerprint density at radius 1 is 0.895 bits per heavy atom. The summed E-state index contributed by atoms with van der Waals surface area (Å²) in [6.45, 7) is 1.59. The lowest BCUT2D eigenvalue weighted by atomic mass is 10.1. The summed E-state index contributed by atoms with van der Waals surface area (Å²) in [5, 5.41) is -0.312. The van der Waals surface area contributed by atoms with E-state index >= 15 is 0 Å². The molecule has 2 atom stereocenters. The van der Waals surface area contributed by atoms with E-state index < -0.39 is 28.1 Å². The summed E-state index contributed by atoms with van der Waals surface area (Å²) < 4.78 is 49.2. The van der Waals surface area contributed by atoms with Crippen molar-refractivity contribution in [2.75, 3.05) is 20.8 Å². The van der Waals surface area contributed by atoms with Gasteiger partial charge in [-0.3, -0.25) is 4.90 Å². The number of nitrogens with zero attached hydrogens (tertiary/aromatic N) is 3. The van der Waals surface area contributed by atoms with Crippen LogP contribution in [0, 0.1) is 0 Å². The first-order valence-corrected chi connectivity index (χ1v) is 13.6. The Balaban J connectivity index is 1.43. The minimum Gasteiger partial charge on any atom is -0.497 e. The number of carbonyl (C=O) groups is 2. The van der Waals surface area contributed by atoms with Crippen molar-refractivity contribution in [2.24, 2.45) is 0 Å². The number of methoxy groups -OCH3 is 2. The van der Waals surface area contributed by atoms with E-state index in [1.165, 1.54) is 18.2 Å². The highest BCUT2D eigenvalue weighted by atomic mass is 32.2. The molecule has 0 N–H and O–H groups in total. The van der Waals surface area contributed by atoms with Gasteiger partial charge in [0.25, 0.3) is 0 Å². The third-order valence-corrected chi connectivity index (χ3v) is 8.48. The molecule has 2 aromatic rings. The van der Waals surface area contributed by atoms with Gasteiger partial charge in [-0.15, -0.1) is 0 Å². The molecule has 0 aromatic heterocycles. The van der Waals surface area contributed by atoms with Gasteiger partial charge in [-0.2, -0.15) is 25.4 Å². The van der Waals surface area contributed by atoms with E-state index in [0.29, 0.717) is 21.4 Å². The highest BCUT2D eigenvalue weighted by Gasteiger charge is 2.55. The van der Waals surface area contributed by atoms with Gasteiger partial charge < -0.3 is 18.9 Å². The fourth-order valence-corrected chi connectivity index (χ4v) is 6.34. The van der Waals surface area contributed by atoms with Gasteiger partial charge in [-0.1, -0.05) is 24.3 Å². The van der Waals surface area contributed by atoms with Crippen LogP contribution >= 0.6 is 12.6 Å². The zero-order valence-electron chi connectivity index (χ0n) is 21.1. The van der Waals surface area contributed by atoms with Crippen molar-refractivity contribution < 1.29 is 37.0 Å². The maximum atomic E-state index is 13.4. The first kappa shape index (κ1) is 27.5. The van der Waals surface area contributed by atoms with Crippen LogP contribution in [-0.2, 0) is 32.9 Å². The normalized spacial score (nSPS) is 21.9. The van der Waals surface area contributed by atoms with E-state index in [1.807, 2.05) is 0 Å². The van der Waals surface area contributed by atoms with Crippen LogP contribution in [0.1, 0.15) is 24.5 Å². The van der Waals surface area contributed by atoms with Crippen molar-refractivity contribution in [1.29, 1.82) is 0 Å². The zero-order chi connectivity index (χ0) is 27.5. The molecule has 2 aromatic carbocycles. The topological polar surface area (TPSA) is 115 Å². The molecule has 2 aliphatic heterocycles. The smallest absolute Gasteiger partial charge is 0.429 e. The Morgan fingerprint density at radius 3 is 1.89 bits per heavy atom. The van der Waals surface area contributed by atoms with Crippen molar-refractivity contribution in [2.45, 2.75) is 37.5 Å². The number of likely N-dealkylation sites (tertiary alicyclic amines) is 1. The van der Waals surface area contributed by atoms with Crippen LogP contribution in [0.5, 0.6) is 11.5 Å². The van der Waals surface area contributed by atoms with Crippen molar-refractivity contribution in [1.82, 2.24) is 13.5 Å². The Labute approximate surface area is 227 Å². The Hall–Kier alpha value is -3.58. The molecule has 38 heavy (non-hydrogen) atoms. The third-order valence-electron chi connectivity index (χ3n) is 6.35. The molecule has 0 bridgehead atoms. The van der Waals surface area contributed by atoms with Gasteiger partial charge in [0.05, 0.1) is 14.2 Å². The van der Waals surface area contributed by atoms with E-state index in [-0.39, 0.29) is 31.4 Å². The summed E-state index contributed by atoms with van der Waals surface area (Å²) in [5.41, 5.74) is 0.0361. The van der Waals surface area contributed by atoms with Gasteiger partial charge in [0.15, 0.2) is 0 Å². The SMILES string of the molecule is COc1ccc(COC(=O)N2C[C@@H](S)C[C@]2(C)N2C=CN(C(=O)OCc3ccc(OC)cc3)S2(=O)=O)cc1. The van der Waals surface area contributed by atoms with E-state index in [9.17, 15) is 18.0 Å². The number of rotatable bonds is 7. The maximum Gasteiger partial charge on any atom is 0.429 e. The molecule has 4 rings (SSSR count). The van der Waals surface area contributed by atoms with E-state index in [4.69, 9.17) is 18.9 Å². The van der Waals surface area contributed by atoms with Gasteiger partial charge in [0, 0.05) is 30.6 Å². The number of hydrogen-bond acceptors (Lipinski definition) is 9. The van der Waals surface area contributed by atoms with Crippen LogP contribution in [0.4, 0.5) is 9.59 Å². The number of thiol groups is 1. The van der Waals surface area contributed by atoms with Crippen molar-refractivity contribution in [3.05, 3.63) is 72.1 Å². The number of ether oxygens (including phenoxy) is 4. The van der Waals surface area contributed by atoms with Crippen molar-refractivity contribution >= 4 is 35.0 Å². The lowest BCUT2D eigenvalue weighted by molar-refractivity contribution is 0.0379. The molecule has 0 spiro atoms. The average molecular weight is 564 g/mol. The van der Waals surface area contributed by atoms with Gasteiger partial charge in [-0.05, 0) is 42.3 Å². The Morgan fingerprint density at radius 2 is 1.39 bits per heavy atom. The van der Waals surface area contributed by atoms with Crippen molar-refractivity contribution in [3.8, 4) is 11.5 Å². The fourth-order valence-electron chi connectivity index (χ4n) is 4.32. The molecule has 204 valence electrons. The highest BCUT2D eigenvalue weighted by molar-refractivity contribution is 7.87. The lowest BCUT2D eigenvalue weighted by Gasteiger charge is -2.40. The Bertz CT molecular complexity index is 1300. The van der Waals surface area contributed by atoms with E-state index in [2.05, 4.69) is 12.6 Å². The largest absolute Gasteiger partial charge is 0.497 e. The number of hydrogen-bond donors (Lipinski definition) is 1. The molecule has 0 radical (unpaired) electrons. The molecule has 11 nitrogen and oxygen atoms in total. The van der Waals surface area contributed by atoms with Crippen LogP contribution < -0.4 is 9.47 Å². The number of amides is 2. The first-order chi connectivity index (χ1) is 18.1. The fraction of sp³-hybridized carbons (Fsp3) is 0.360. The molecule has 0 saturated carbocycles. The Kier molecular flexibility index (Phi) is 7.97. The second-order valence-electron chi connectivity index (χ2n) is 8.89. The van der Waals surface area contributed by atoms with Crippen LogP contribution in [0.2, 0.25) is 0 Å². The molecule has 1 fully saturated rings. The molecule has 13 heteroatoms. The monoisotopic (exact) mass is 563 g/mol. The summed E-state index contributed by atoms with van der Waals surface area (Å²) in [6.07, 6.45) is 0.774. The minimum atomic E-state index is -4.38. The summed E-state index contributed by atoms with van der Waals surface area (Å²) >= 11 is 4.50. The van der Waals surface area contributed by atoms with Gasteiger partial charge in [0.1, 0.15) is 30.4 Å². The van der Waals surface area contributed by atoms with Crippen molar-refractivity contribution in [3.63, 3.8) is 0 Å². The highest BCUT2D eigenvalue weighted by Crippen LogP contribution is 2.40. The average Bonchev–Trinajstić information content (AvgIpc) is 3.41. The summed E-state index contributed by atoms with van der Waals surface area (Å²) in [4.78, 5) is 27.1. The van der Waals surface area contributed by atoms with Crippen LogP contribution in [0.15, 0.2) is 60.9 Å². The van der Waals surface area contributed by atoms with Crippen LogP contribution in [-0.4, -0.2) is 65.8 Å². The van der Waals surface area contributed by atoms with Crippen LogP contribution in [0.25, 0.3) is 0 Å². The molecule has 0 aliphatic carbocycles. The minimum absolute atomic E-state index is 0.0148. The lowest BCUT2D eigenvalue weighted by Crippen LogP contribution is -2.57. The van der Waals surface area contributed by atoms with Gasteiger partial charge >= 0.3 is 22.4 Å². The summed E-state index contributed by atoms with van der Waals surface area (Å²) in [5.74, 6) is 1.31. The molecule has 2 amide bonds. The maximum absolute atomic E-state index is 13.4. The molecular formula is C25H29N3O8S2. The summed E-state index contributed by atoms with van der Waals surface area (Å²) in [7, 11) is -1.29. The predicted octanol–water partition coefficient (Wildman–Crippen LogP) is 3.73. The first-order valence-electron chi connectivity index (χ1n) is 11.7.